The SMILES string of the molecule is CCc1cc(=O)n2[nH]c(NC(=O)Cc3ccc(C)c(Cl)c3)nc2n1. The number of aromatic amines is 1. The third-order valence-corrected chi connectivity index (χ3v) is 4.01. The van der Waals surface area contributed by atoms with Crippen LogP contribution >= 0.6 is 11.6 Å². The van der Waals surface area contributed by atoms with Crippen molar-refractivity contribution in [3.8, 4) is 0 Å². The number of halogens is 1. The molecule has 0 spiro atoms. The first-order valence-corrected chi connectivity index (χ1v) is 7.87. The van der Waals surface area contributed by atoms with Gasteiger partial charge in [-0.3, -0.25) is 20.0 Å². The van der Waals surface area contributed by atoms with Crippen LogP contribution < -0.4 is 10.9 Å². The molecule has 7 nitrogen and oxygen atoms in total. The number of amides is 1. The second-order valence-corrected chi connectivity index (χ2v) is 5.86. The zero-order chi connectivity index (χ0) is 17.3. The van der Waals surface area contributed by atoms with Gasteiger partial charge in [-0.25, -0.2) is 4.98 Å². The minimum absolute atomic E-state index is 0.152. The lowest BCUT2D eigenvalue weighted by Gasteiger charge is -2.04. The Hall–Kier alpha value is -2.67. The van der Waals surface area contributed by atoms with Crippen LogP contribution in [-0.2, 0) is 17.6 Å². The van der Waals surface area contributed by atoms with E-state index in [0.29, 0.717) is 17.1 Å². The van der Waals surface area contributed by atoms with E-state index in [2.05, 4.69) is 20.4 Å². The molecule has 0 aliphatic rings. The Morgan fingerprint density at radius 1 is 1.33 bits per heavy atom. The van der Waals surface area contributed by atoms with E-state index in [1.165, 1.54) is 10.6 Å². The number of carbonyl (C=O) groups is 1. The zero-order valence-electron chi connectivity index (χ0n) is 13.3. The number of rotatable bonds is 4. The molecule has 0 radical (unpaired) electrons. The predicted octanol–water partition coefficient (Wildman–Crippen LogP) is 2.12. The molecule has 2 heterocycles. The second kappa shape index (κ2) is 6.45. The number of anilines is 1. The molecule has 0 saturated carbocycles. The number of nitrogens with zero attached hydrogens (tertiary/aromatic N) is 3. The Morgan fingerprint density at radius 2 is 2.12 bits per heavy atom. The average Bonchev–Trinajstić information content (AvgIpc) is 2.93. The summed E-state index contributed by atoms with van der Waals surface area (Å²) in [6, 6.07) is 6.90. The number of hydrogen-bond acceptors (Lipinski definition) is 4. The van der Waals surface area contributed by atoms with Crippen molar-refractivity contribution in [1.29, 1.82) is 0 Å². The first-order valence-electron chi connectivity index (χ1n) is 7.50. The lowest BCUT2D eigenvalue weighted by Crippen LogP contribution is -2.17. The van der Waals surface area contributed by atoms with Crippen molar-refractivity contribution in [1.82, 2.24) is 19.6 Å². The van der Waals surface area contributed by atoms with Crippen LogP contribution in [0.2, 0.25) is 5.02 Å². The van der Waals surface area contributed by atoms with Gasteiger partial charge < -0.3 is 0 Å². The van der Waals surface area contributed by atoms with Crippen LogP contribution in [0.15, 0.2) is 29.1 Å². The maximum Gasteiger partial charge on any atom is 0.274 e. The van der Waals surface area contributed by atoms with E-state index in [1.807, 2.05) is 26.0 Å². The summed E-state index contributed by atoms with van der Waals surface area (Å²) in [7, 11) is 0. The summed E-state index contributed by atoms with van der Waals surface area (Å²) in [5.41, 5.74) is 2.13. The van der Waals surface area contributed by atoms with E-state index < -0.39 is 0 Å². The van der Waals surface area contributed by atoms with Crippen molar-refractivity contribution in [3.05, 3.63) is 56.5 Å². The molecule has 0 bridgehead atoms. The summed E-state index contributed by atoms with van der Waals surface area (Å²) in [5.74, 6) is 0.141. The minimum atomic E-state index is -0.268. The van der Waals surface area contributed by atoms with Crippen LogP contribution in [0, 0.1) is 6.92 Å². The molecule has 1 aromatic carbocycles. The summed E-state index contributed by atoms with van der Waals surface area (Å²) in [5, 5.41) is 5.97. The van der Waals surface area contributed by atoms with Crippen molar-refractivity contribution in [2.45, 2.75) is 26.7 Å². The van der Waals surface area contributed by atoms with Crippen molar-refractivity contribution < 1.29 is 4.79 Å². The number of carbonyl (C=O) groups excluding carboxylic acids is 1. The van der Waals surface area contributed by atoms with Crippen molar-refractivity contribution >= 4 is 29.2 Å². The van der Waals surface area contributed by atoms with E-state index in [9.17, 15) is 9.59 Å². The molecule has 3 aromatic rings. The topological polar surface area (TPSA) is 92.2 Å². The normalized spacial score (nSPS) is 11.0. The van der Waals surface area contributed by atoms with Gasteiger partial charge in [-0.15, -0.1) is 0 Å². The molecule has 3 rings (SSSR count). The number of fused-ring (bicyclic) bond motifs is 1. The number of benzene rings is 1. The highest BCUT2D eigenvalue weighted by Gasteiger charge is 2.11. The van der Waals surface area contributed by atoms with Gasteiger partial charge in [0.05, 0.1) is 6.42 Å². The maximum atomic E-state index is 12.1. The summed E-state index contributed by atoms with van der Waals surface area (Å²) in [6.07, 6.45) is 0.786. The Morgan fingerprint density at radius 3 is 2.83 bits per heavy atom. The van der Waals surface area contributed by atoms with Crippen LogP contribution in [-0.4, -0.2) is 25.5 Å². The maximum absolute atomic E-state index is 12.1. The van der Waals surface area contributed by atoms with Crippen LogP contribution in [0.4, 0.5) is 5.95 Å². The monoisotopic (exact) mass is 345 g/mol. The van der Waals surface area contributed by atoms with E-state index in [-0.39, 0.29) is 29.6 Å². The fraction of sp³-hybridized carbons (Fsp3) is 0.250. The first kappa shape index (κ1) is 16.2. The van der Waals surface area contributed by atoms with Crippen molar-refractivity contribution in [3.63, 3.8) is 0 Å². The molecule has 0 atom stereocenters. The minimum Gasteiger partial charge on any atom is -0.295 e. The summed E-state index contributed by atoms with van der Waals surface area (Å²) in [6.45, 7) is 3.80. The Kier molecular flexibility index (Phi) is 4.35. The van der Waals surface area contributed by atoms with E-state index in [0.717, 1.165) is 11.1 Å². The quantitative estimate of drug-likeness (QED) is 0.757. The standard InChI is InChI=1S/C16H16ClN5O2/c1-3-11-8-14(24)22-16(18-11)20-15(21-22)19-13(23)7-10-5-4-9(2)12(17)6-10/h4-6,8H,3,7H2,1-2H3,(H2,18,19,20,21,23). The van der Waals surface area contributed by atoms with E-state index >= 15 is 0 Å². The Bertz CT molecular complexity index is 976. The molecule has 0 aliphatic heterocycles. The molecule has 8 heteroatoms. The molecular weight excluding hydrogens is 330 g/mol. The molecule has 124 valence electrons. The van der Waals surface area contributed by atoms with Crippen LogP contribution in [0.5, 0.6) is 0 Å². The molecule has 0 saturated heterocycles. The van der Waals surface area contributed by atoms with Gasteiger partial charge in [-0.05, 0) is 30.5 Å². The zero-order valence-corrected chi connectivity index (χ0v) is 14.0. The van der Waals surface area contributed by atoms with Crippen molar-refractivity contribution in [2.75, 3.05) is 5.32 Å². The smallest absolute Gasteiger partial charge is 0.274 e. The highest BCUT2D eigenvalue weighted by atomic mass is 35.5. The third-order valence-electron chi connectivity index (χ3n) is 3.60. The van der Waals surface area contributed by atoms with E-state index in [4.69, 9.17) is 11.6 Å². The van der Waals surface area contributed by atoms with Gasteiger partial charge in [0, 0.05) is 16.8 Å². The van der Waals surface area contributed by atoms with Crippen LogP contribution in [0.3, 0.4) is 0 Å². The third kappa shape index (κ3) is 3.30. The second-order valence-electron chi connectivity index (χ2n) is 5.46. The lowest BCUT2D eigenvalue weighted by molar-refractivity contribution is -0.115. The number of hydrogen-bond donors (Lipinski definition) is 2. The van der Waals surface area contributed by atoms with Gasteiger partial charge in [0.1, 0.15) is 0 Å². The summed E-state index contributed by atoms with van der Waals surface area (Å²) >= 11 is 6.06. The fourth-order valence-electron chi connectivity index (χ4n) is 2.27. The van der Waals surface area contributed by atoms with Gasteiger partial charge in [0.2, 0.25) is 11.9 Å². The molecule has 24 heavy (non-hydrogen) atoms. The Balaban J connectivity index is 1.79. The van der Waals surface area contributed by atoms with Crippen LogP contribution in [0.25, 0.3) is 5.78 Å². The molecule has 2 aromatic heterocycles. The van der Waals surface area contributed by atoms with E-state index in [1.54, 1.807) is 6.07 Å². The van der Waals surface area contributed by atoms with Gasteiger partial charge >= 0.3 is 0 Å². The average molecular weight is 346 g/mol. The molecule has 2 N–H and O–H groups in total. The first-order chi connectivity index (χ1) is 11.5. The van der Waals surface area contributed by atoms with Gasteiger partial charge in [0.25, 0.3) is 11.3 Å². The number of H-pyrrole nitrogens is 1. The van der Waals surface area contributed by atoms with Crippen LogP contribution in [0.1, 0.15) is 23.7 Å². The molecule has 0 fully saturated rings. The highest BCUT2D eigenvalue weighted by Crippen LogP contribution is 2.17. The number of aromatic nitrogens is 4. The fourth-order valence-corrected chi connectivity index (χ4v) is 2.48. The molecule has 0 aliphatic carbocycles. The molecule has 0 unspecified atom stereocenters. The largest absolute Gasteiger partial charge is 0.295 e. The summed E-state index contributed by atoms with van der Waals surface area (Å²) in [4.78, 5) is 32.5. The van der Waals surface area contributed by atoms with Crippen molar-refractivity contribution in [2.24, 2.45) is 0 Å². The Labute approximate surface area is 142 Å². The van der Waals surface area contributed by atoms with Gasteiger partial charge in [0.15, 0.2) is 0 Å². The predicted molar refractivity (Wildman–Crippen MR) is 91.5 cm³/mol. The number of aryl methyl sites for hydroxylation is 2. The lowest BCUT2D eigenvalue weighted by atomic mass is 10.1. The van der Waals surface area contributed by atoms with Gasteiger partial charge in [-0.1, -0.05) is 30.7 Å². The molecule has 1 amide bonds. The summed E-state index contributed by atoms with van der Waals surface area (Å²) < 4.78 is 1.19. The van der Waals surface area contributed by atoms with Gasteiger partial charge in [-0.2, -0.15) is 9.50 Å². The highest BCUT2D eigenvalue weighted by molar-refractivity contribution is 6.31. The number of nitrogens with one attached hydrogen (secondary N) is 2. The molecular formula is C16H16ClN5O2.